The van der Waals surface area contributed by atoms with E-state index >= 15 is 0 Å². The second-order valence-corrected chi connectivity index (χ2v) is 22.6. The fourth-order valence-corrected chi connectivity index (χ4v) is 15.4. The van der Waals surface area contributed by atoms with Crippen LogP contribution < -0.4 is 20.7 Å². The van der Waals surface area contributed by atoms with Crippen molar-refractivity contribution in [3.05, 3.63) is 121 Å². The number of alkyl halides is 2. The van der Waals surface area contributed by atoms with Crippen LogP contribution in [0.1, 0.15) is 48.5 Å². The molecule has 2 unspecified atom stereocenters. The Morgan fingerprint density at radius 3 is 1.18 bits per heavy atom. The Morgan fingerprint density at radius 2 is 0.918 bits per heavy atom. The Labute approximate surface area is 293 Å². The summed E-state index contributed by atoms with van der Waals surface area (Å²) < 4.78 is 45.6. The largest absolute Gasteiger partial charge is 0.464 e. The van der Waals surface area contributed by atoms with Crippen molar-refractivity contribution in [3.8, 4) is 0 Å². The van der Waals surface area contributed by atoms with Crippen LogP contribution in [-0.2, 0) is 18.4 Å². The van der Waals surface area contributed by atoms with E-state index < -0.39 is 41.6 Å². The maximum Gasteiger partial charge on any atom is 0.343 e. The summed E-state index contributed by atoms with van der Waals surface area (Å²) in [4.78, 5) is 11.7. The van der Waals surface area contributed by atoms with Crippen molar-refractivity contribution in [3.63, 3.8) is 0 Å². The molecule has 4 aromatic carbocycles. The molecule has 49 heavy (non-hydrogen) atoms. The van der Waals surface area contributed by atoms with Gasteiger partial charge in [0.25, 0.3) is 16.6 Å². The summed E-state index contributed by atoms with van der Waals surface area (Å²) in [5.41, 5.74) is 0. The van der Waals surface area contributed by atoms with Crippen LogP contribution in [0.4, 0.5) is 8.78 Å². The molecular formula is C40H52F2O5Si2. The fourth-order valence-electron chi connectivity index (χ4n) is 6.29. The second-order valence-electron chi connectivity index (χ2n) is 13.9. The third-order valence-electron chi connectivity index (χ3n) is 8.50. The zero-order chi connectivity index (χ0) is 36.1. The Kier molecular flexibility index (Phi) is 14.6. The summed E-state index contributed by atoms with van der Waals surface area (Å²) in [6, 6.07) is 40.1. The number of hydrogen-bond donors (Lipinski definition) is 1. The highest BCUT2D eigenvalue weighted by atomic mass is 28.4. The van der Waals surface area contributed by atoms with Gasteiger partial charge in [0.1, 0.15) is 6.17 Å². The first-order valence-corrected chi connectivity index (χ1v) is 20.6. The molecule has 4 aromatic rings. The quantitative estimate of drug-likeness (QED) is 0.130. The smallest absolute Gasteiger partial charge is 0.343 e. The van der Waals surface area contributed by atoms with Gasteiger partial charge in [0.2, 0.25) is 6.17 Å². The fraction of sp³-hybridized carbons (Fsp3) is 0.375. The van der Waals surface area contributed by atoms with E-state index in [0.717, 1.165) is 20.7 Å². The zero-order valence-electron chi connectivity index (χ0n) is 29.9. The van der Waals surface area contributed by atoms with Crippen LogP contribution in [0.5, 0.6) is 0 Å². The van der Waals surface area contributed by atoms with Crippen LogP contribution in [0.25, 0.3) is 0 Å². The van der Waals surface area contributed by atoms with E-state index in [9.17, 15) is 13.6 Å². The van der Waals surface area contributed by atoms with Crippen LogP contribution in [-0.4, -0.2) is 66.5 Å². The highest BCUT2D eigenvalue weighted by molar-refractivity contribution is 7.00. The van der Waals surface area contributed by atoms with Gasteiger partial charge in [0, 0.05) is 0 Å². The van der Waals surface area contributed by atoms with E-state index in [4.69, 9.17) is 18.7 Å². The van der Waals surface area contributed by atoms with Crippen molar-refractivity contribution >= 4 is 43.4 Å². The van der Waals surface area contributed by atoms with Crippen molar-refractivity contribution in [2.45, 2.75) is 70.9 Å². The standard InChI is InChI=1S/C21H27FO3Si.C19H25FO2Si/c1-5-24-20(23)19(22)16-25-26(21(2,3)4,17-12-8-6-9-13-17)18-14-10-7-11-15-18;1-19(2,3)23(22-15-16(20)14-21,17-10-6-4-7-11-17)18-12-8-5-9-13-18/h6-15,19H,5,16H2,1-4H3;4-13,16,21H,14-15H2,1-3H3. The molecule has 2 atom stereocenters. The van der Waals surface area contributed by atoms with Gasteiger partial charge in [-0.2, -0.15) is 0 Å². The van der Waals surface area contributed by atoms with Gasteiger partial charge in [-0.05, 0) is 37.7 Å². The highest BCUT2D eigenvalue weighted by Crippen LogP contribution is 2.38. The predicted octanol–water partition coefficient (Wildman–Crippen LogP) is 6.36. The Hall–Kier alpha value is -3.48. The van der Waals surface area contributed by atoms with Gasteiger partial charge in [-0.15, -0.1) is 0 Å². The molecular weight excluding hydrogens is 655 g/mol. The SMILES string of the molecule is CC(C)(C)[Si](OCC(F)CO)(c1ccccc1)c1ccccc1.CCOC(=O)C(F)CO[Si](c1ccccc1)(c1ccccc1)C(C)(C)C. The lowest BCUT2D eigenvalue weighted by atomic mass is 10.2. The van der Waals surface area contributed by atoms with Crippen molar-refractivity contribution in [2.24, 2.45) is 0 Å². The van der Waals surface area contributed by atoms with Gasteiger partial charge >= 0.3 is 5.97 Å². The van der Waals surface area contributed by atoms with Crippen LogP contribution in [0.3, 0.4) is 0 Å². The Morgan fingerprint density at radius 1 is 0.612 bits per heavy atom. The number of aliphatic hydroxyl groups excluding tert-OH is 1. The molecule has 0 aliphatic carbocycles. The molecule has 0 heterocycles. The van der Waals surface area contributed by atoms with Crippen LogP contribution in [0.15, 0.2) is 121 Å². The molecule has 0 aliphatic heterocycles. The Balaban J connectivity index is 0.000000267. The molecule has 9 heteroatoms. The lowest BCUT2D eigenvalue weighted by molar-refractivity contribution is -0.150. The zero-order valence-corrected chi connectivity index (χ0v) is 31.9. The number of benzene rings is 4. The average Bonchev–Trinajstić information content (AvgIpc) is 3.09. The molecule has 0 saturated carbocycles. The molecule has 0 aromatic heterocycles. The molecule has 4 rings (SSSR count). The molecule has 0 amide bonds. The number of ether oxygens (including phenoxy) is 1. The van der Waals surface area contributed by atoms with Crippen molar-refractivity contribution in [1.29, 1.82) is 0 Å². The molecule has 0 bridgehead atoms. The minimum Gasteiger partial charge on any atom is -0.464 e. The molecule has 0 spiro atoms. The number of carbonyl (C=O) groups excluding carboxylic acids is 1. The minimum atomic E-state index is -2.83. The first-order valence-electron chi connectivity index (χ1n) is 16.8. The molecule has 0 saturated heterocycles. The molecule has 0 radical (unpaired) electrons. The van der Waals surface area contributed by atoms with Gasteiger partial charge in [-0.1, -0.05) is 163 Å². The van der Waals surface area contributed by atoms with E-state index in [2.05, 4.69) is 65.8 Å². The minimum absolute atomic E-state index is 0.0935. The molecule has 0 fully saturated rings. The number of rotatable bonds is 13. The van der Waals surface area contributed by atoms with Gasteiger partial charge < -0.3 is 18.7 Å². The summed E-state index contributed by atoms with van der Waals surface area (Å²) in [7, 11) is -5.51. The average molecular weight is 707 g/mol. The highest BCUT2D eigenvalue weighted by Gasteiger charge is 2.51. The maximum atomic E-state index is 14.4. The third-order valence-corrected chi connectivity index (χ3v) is 18.5. The number of carbonyl (C=O) groups is 1. The number of esters is 1. The van der Waals surface area contributed by atoms with E-state index in [0.29, 0.717) is 0 Å². The summed E-state index contributed by atoms with van der Waals surface area (Å²) >= 11 is 0. The normalized spacial score (nSPS) is 13.5. The van der Waals surface area contributed by atoms with E-state index in [1.165, 1.54) is 0 Å². The molecule has 264 valence electrons. The van der Waals surface area contributed by atoms with Crippen molar-refractivity contribution in [1.82, 2.24) is 0 Å². The predicted molar refractivity (Wildman–Crippen MR) is 201 cm³/mol. The first kappa shape index (κ1) is 40.0. The summed E-state index contributed by atoms with van der Waals surface area (Å²) in [6.45, 7) is 13.6. The summed E-state index contributed by atoms with van der Waals surface area (Å²) in [5, 5.41) is 12.9. The van der Waals surface area contributed by atoms with Gasteiger partial charge in [-0.25, -0.2) is 13.6 Å². The monoisotopic (exact) mass is 706 g/mol. The topological polar surface area (TPSA) is 65.0 Å². The first-order chi connectivity index (χ1) is 23.2. The van der Waals surface area contributed by atoms with Gasteiger partial charge in [-0.3, -0.25) is 0 Å². The third kappa shape index (κ3) is 9.61. The number of halogens is 2. The van der Waals surface area contributed by atoms with Crippen LogP contribution in [0, 0.1) is 0 Å². The van der Waals surface area contributed by atoms with Gasteiger partial charge in [0.15, 0.2) is 0 Å². The number of aliphatic hydroxyl groups is 1. The second kappa shape index (κ2) is 18.0. The van der Waals surface area contributed by atoms with E-state index in [1.807, 2.05) is 97.1 Å². The summed E-state index contributed by atoms with van der Waals surface area (Å²) in [5.74, 6) is -0.870. The van der Waals surface area contributed by atoms with E-state index in [-0.39, 0.29) is 29.9 Å². The van der Waals surface area contributed by atoms with Crippen LogP contribution in [0.2, 0.25) is 10.1 Å². The lowest BCUT2D eigenvalue weighted by Gasteiger charge is -2.43. The van der Waals surface area contributed by atoms with Crippen LogP contribution >= 0.6 is 0 Å². The lowest BCUT2D eigenvalue weighted by Crippen LogP contribution is -2.67. The molecule has 0 aliphatic rings. The number of hydrogen-bond acceptors (Lipinski definition) is 5. The van der Waals surface area contributed by atoms with Gasteiger partial charge in [0.05, 0.1) is 26.4 Å². The van der Waals surface area contributed by atoms with E-state index in [1.54, 1.807) is 6.92 Å². The molecule has 1 N–H and O–H groups in total. The summed E-state index contributed by atoms with van der Waals surface area (Å²) in [6.07, 6.45) is -3.16. The maximum absolute atomic E-state index is 14.4. The molecule has 5 nitrogen and oxygen atoms in total. The van der Waals surface area contributed by atoms with Crippen molar-refractivity contribution < 1.29 is 32.3 Å². The van der Waals surface area contributed by atoms with Crippen molar-refractivity contribution in [2.75, 3.05) is 26.4 Å². The Bertz CT molecular complexity index is 1450.